The van der Waals surface area contributed by atoms with Crippen LogP contribution in [0.4, 0.5) is 5.69 Å². The number of carbonyl (C=O) groups excluding carboxylic acids is 1. The molecule has 1 aliphatic heterocycles. The van der Waals surface area contributed by atoms with E-state index in [9.17, 15) is 4.79 Å². The van der Waals surface area contributed by atoms with Gasteiger partial charge in [0.2, 0.25) is 0 Å². The van der Waals surface area contributed by atoms with E-state index in [0.717, 1.165) is 6.54 Å². The molecule has 1 unspecified atom stereocenters. The number of hydrogen-bond acceptors (Lipinski definition) is 4. The molecule has 1 fully saturated rings. The van der Waals surface area contributed by atoms with E-state index < -0.39 is 6.10 Å². The highest BCUT2D eigenvalue weighted by Crippen LogP contribution is 2.23. The van der Waals surface area contributed by atoms with Crippen LogP contribution in [0.1, 0.15) is 12.0 Å². The molecule has 0 aliphatic carbocycles. The number of benzene rings is 1. The molecule has 5 nitrogen and oxygen atoms in total. The van der Waals surface area contributed by atoms with Gasteiger partial charge in [0.15, 0.2) is 0 Å². The molecule has 1 saturated heterocycles. The van der Waals surface area contributed by atoms with Gasteiger partial charge in [0.1, 0.15) is 12.2 Å². The maximum atomic E-state index is 12.4. The van der Waals surface area contributed by atoms with Crippen molar-refractivity contribution < 1.29 is 9.53 Å². The summed E-state index contributed by atoms with van der Waals surface area (Å²) in [6.45, 7) is 1.72. The van der Waals surface area contributed by atoms with Gasteiger partial charge in [-0.3, -0.25) is 4.79 Å². The van der Waals surface area contributed by atoms with Gasteiger partial charge in [0, 0.05) is 6.54 Å². The van der Waals surface area contributed by atoms with Crippen LogP contribution in [-0.2, 0) is 9.53 Å². The summed E-state index contributed by atoms with van der Waals surface area (Å²) in [5, 5.41) is 12.1. The number of para-hydroxylation sites is 1. The van der Waals surface area contributed by atoms with Crippen molar-refractivity contribution in [3.05, 3.63) is 29.8 Å². The van der Waals surface area contributed by atoms with Gasteiger partial charge in [-0.1, -0.05) is 12.1 Å². The molecule has 1 aromatic rings. The van der Waals surface area contributed by atoms with Crippen molar-refractivity contribution >= 4 is 11.6 Å². The van der Waals surface area contributed by atoms with Crippen LogP contribution in [0.15, 0.2) is 24.3 Å². The second kappa shape index (κ2) is 6.32. The second-order valence-corrected chi connectivity index (χ2v) is 4.37. The number of nitrogens with one attached hydrogen (secondary N) is 1. The summed E-state index contributed by atoms with van der Waals surface area (Å²) in [5.41, 5.74) is 1.19. The second-order valence-electron chi connectivity index (χ2n) is 4.37. The maximum Gasteiger partial charge on any atom is 0.256 e. The summed E-state index contributed by atoms with van der Waals surface area (Å²) in [6, 6.07) is 9.28. The Morgan fingerprint density at radius 2 is 2.32 bits per heavy atom. The number of rotatable bonds is 4. The predicted molar refractivity (Wildman–Crippen MR) is 71.8 cm³/mol. The number of ether oxygens (including phenoxy) is 1. The first-order valence-electron chi connectivity index (χ1n) is 6.34. The third kappa shape index (κ3) is 2.92. The molecule has 0 aromatic heterocycles. The molecule has 1 aliphatic rings. The van der Waals surface area contributed by atoms with Crippen LogP contribution in [-0.4, -0.2) is 38.8 Å². The summed E-state index contributed by atoms with van der Waals surface area (Å²) in [6.07, 6.45) is 0.216. The van der Waals surface area contributed by atoms with E-state index in [1.807, 2.05) is 13.1 Å². The lowest BCUT2D eigenvalue weighted by Crippen LogP contribution is -2.48. The number of carbonyl (C=O) groups is 1. The van der Waals surface area contributed by atoms with Gasteiger partial charge in [0.05, 0.1) is 17.9 Å². The Morgan fingerprint density at radius 1 is 1.53 bits per heavy atom. The molecule has 0 spiro atoms. The molecule has 100 valence electrons. The van der Waals surface area contributed by atoms with Gasteiger partial charge in [0.25, 0.3) is 5.91 Å². The lowest BCUT2D eigenvalue weighted by Gasteiger charge is -2.32. The van der Waals surface area contributed by atoms with E-state index in [1.54, 1.807) is 23.1 Å². The monoisotopic (exact) mass is 259 g/mol. The van der Waals surface area contributed by atoms with Crippen molar-refractivity contribution in [1.82, 2.24) is 5.32 Å². The van der Waals surface area contributed by atoms with Gasteiger partial charge in [-0.05, 0) is 32.1 Å². The van der Waals surface area contributed by atoms with E-state index in [2.05, 4.69) is 11.4 Å². The number of morpholine rings is 1. The Labute approximate surface area is 112 Å². The van der Waals surface area contributed by atoms with Crippen molar-refractivity contribution in [2.24, 2.45) is 0 Å². The van der Waals surface area contributed by atoms with Gasteiger partial charge < -0.3 is 15.0 Å². The Balaban J connectivity index is 2.20. The van der Waals surface area contributed by atoms with Gasteiger partial charge in [-0.2, -0.15) is 5.26 Å². The largest absolute Gasteiger partial charge is 0.366 e. The van der Waals surface area contributed by atoms with Crippen molar-refractivity contribution in [3.63, 3.8) is 0 Å². The van der Waals surface area contributed by atoms with Crippen LogP contribution < -0.4 is 10.2 Å². The average molecular weight is 259 g/mol. The Hall–Kier alpha value is -1.90. The molecule has 1 amide bonds. The number of nitrogens with zero attached hydrogens (tertiary/aromatic N) is 2. The summed E-state index contributed by atoms with van der Waals surface area (Å²) in [5.74, 6) is -0.0656. The van der Waals surface area contributed by atoms with Crippen molar-refractivity contribution in [2.45, 2.75) is 12.5 Å². The third-order valence-electron chi connectivity index (χ3n) is 3.15. The molecule has 5 heteroatoms. The van der Waals surface area contributed by atoms with Crippen molar-refractivity contribution in [3.8, 4) is 6.07 Å². The highest BCUT2D eigenvalue weighted by molar-refractivity contribution is 5.98. The number of nitriles is 1. The van der Waals surface area contributed by atoms with E-state index in [1.165, 1.54) is 0 Å². The van der Waals surface area contributed by atoms with Gasteiger partial charge in [-0.15, -0.1) is 0 Å². The predicted octanol–water partition coefficient (Wildman–Crippen LogP) is 0.900. The highest BCUT2D eigenvalue weighted by Gasteiger charge is 2.30. The average Bonchev–Trinajstić information content (AvgIpc) is 2.46. The molecule has 0 bridgehead atoms. The number of amides is 1. The molecule has 1 N–H and O–H groups in total. The Bertz CT molecular complexity index is 496. The zero-order valence-electron chi connectivity index (χ0n) is 10.9. The summed E-state index contributed by atoms with van der Waals surface area (Å²) < 4.78 is 5.50. The molecule has 0 saturated carbocycles. The van der Waals surface area contributed by atoms with Crippen molar-refractivity contribution in [2.75, 3.05) is 31.6 Å². The van der Waals surface area contributed by atoms with Crippen LogP contribution in [0.3, 0.4) is 0 Å². The minimum atomic E-state index is -0.423. The first-order chi connectivity index (χ1) is 9.27. The molecular formula is C14H17N3O2. The third-order valence-corrected chi connectivity index (χ3v) is 3.15. The molecule has 1 aromatic carbocycles. The molecule has 1 atom stereocenters. The first kappa shape index (κ1) is 13.5. The van der Waals surface area contributed by atoms with Crippen molar-refractivity contribution in [1.29, 1.82) is 5.26 Å². The van der Waals surface area contributed by atoms with Gasteiger partial charge >= 0.3 is 0 Å². The fourth-order valence-corrected chi connectivity index (χ4v) is 2.17. The molecule has 0 radical (unpaired) electrons. The Morgan fingerprint density at radius 3 is 3.05 bits per heavy atom. The van der Waals surface area contributed by atoms with E-state index in [0.29, 0.717) is 30.8 Å². The van der Waals surface area contributed by atoms with E-state index in [4.69, 9.17) is 10.00 Å². The normalized spacial score (nSPS) is 19.3. The smallest absolute Gasteiger partial charge is 0.256 e. The van der Waals surface area contributed by atoms with Gasteiger partial charge in [-0.25, -0.2) is 0 Å². The summed E-state index contributed by atoms with van der Waals surface area (Å²) in [7, 11) is 1.84. The maximum absolute atomic E-state index is 12.4. The van der Waals surface area contributed by atoms with Crippen LogP contribution in [0.25, 0.3) is 0 Å². The lowest BCUT2D eigenvalue weighted by molar-refractivity contribution is -0.134. The van der Waals surface area contributed by atoms with E-state index in [-0.39, 0.29) is 5.91 Å². The van der Waals surface area contributed by atoms with Crippen LogP contribution in [0.5, 0.6) is 0 Å². The minimum Gasteiger partial charge on any atom is -0.366 e. The topological polar surface area (TPSA) is 65.4 Å². The fraction of sp³-hybridized carbons (Fsp3) is 0.429. The standard InChI is InChI=1S/C14H17N3O2/c1-16-7-6-13-14(18)17(8-9-19-13)12-5-3-2-4-11(12)10-15/h2-5,13,16H,6-9H2,1H3. The van der Waals surface area contributed by atoms with Crippen LogP contribution in [0, 0.1) is 11.3 Å². The molecular weight excluding hydrogens is 242 g/mol. The molecule has 1 heterocycles. The Kier molecular flexibility index (Phi) is 4.50. The summed E-state index contributed by atoms with van der Waals surface area (Å²) in [4.78, 5) is 14.0. The molecule has 19 heavy (non-hydrogen) atoms. The highest BCUT2D eigenvalue weighted by atomic mass is 16.5. The zero-order chi connectivity index (χ0) is 13.7. The molecule has 2 rings (SSSR count). The fourth-order valence-electron chi connectivity index (χ4n) is 2.17. The first-order valence-corrected chi connectivity index (χ1v) is 6.34. The lowest BCUT2D eigenvalue weighted by atomic mass is 10.1. The summed E-state index contributed by atoms with van der Waals surface area (Å²) >= 11 is 0. The van der Waals surface area contributed by atoms with Crippen LogP contribution in [0.2, 0.25) is 0 Å². The minimum absolute atomic E-state index is 0.0656. The van der Waals surface area contributed by atoms with Crippen LogP contribution >= 0.6 is 0 Å². The van der Waals surface area contributed by atoms with E-state index >= 15 is 0 Å². The SMILES string of the molecule is CNCCC1OCCN(c2ccccc2C#N)C1=O. The zero-order valence-corrected chi connectivity index (χ0v) is 10.9. The number of hydrogen-bond donors (Lipinski definition) is 1. The quantitative estimate of drug-likeness (QED) is 0.872. The number of anilines is 1.